The van der Waals surface area contributed by atoms with E-state index in [1.807, 2.05) is 26.0 Å². The minimum absolute atomic E-state index is 0.0141. The Balaban J connectivity index is 1.63. The van der Waals surface area contributed by atoms with Gasteiger partial charge in [0.1, 0.15) is 5.82 Å². The SMILES string of the molecule is CN1C(=O)C[C@H](C(=O)NCc2nc(-c3ccncc3)n[nH]2)C1(C)C. The molecule has 2 aromatic heterocycles. The predicted octanol–water partition coefficient (Wildman–Crippen LogP) is 0.740. The minimum Gasteiger partial charge on any atom is -0.348 e. The van der Waals surface area contributed by atoms with Gasteiger partial charge in [0.15, 0.2) is 5.82 Å². The van der Waals surface area contributed by atoms with Crippen molar-refractivity contribution in [3.63, 3.8) is 0 Å². The van der Waals surface area contributed by atoms with E-state index in [-0.39, 0.29) is 30.7 Å². The molecule has 8 heteroatoms. The topological polar surface area (TPSA) is 104 Å². The summed E-state index contributed by atoms with van der Waals surface area (Å²) in [7, 11) is 1.73. The fourth-order valence-electron chi connectivity index (χ4n) is 2.83. The van der Waals surface area contributed by atoms with Crippen molar-refractivity contribution < 1.29 is 9.59 Å². The maximum absolute atomic E-state index is 12.4. The van der Waals surface area contributed by atoms with Crippen LogP contribution in [0.15, 0.2) is 24.5 Å². The molecule has 1 aliphatic rings. The zero-order valence-electron chi connectivity index (χ0n) is 13.9. The van der Waals surface area contributed by atoms with E-state index in [4.69, 9.17) is 0 Å². The quantitative estimate of drug-likeness (QED) is 0.861. The van der Waals surface area contributed by atoms with Crippen molar-refractivity contribution in [2.45, 2.75) is 32.4 Å². The number of carbonyl (C=O) groups excluding carboxylic acids is 2. The Labute approximate surface area is 139 Å². The highest BCUT2D eigenvalue weighted by Crippen LogP contribution is 2.34. The van der Waals surface area contributed by atoms with E-state index in [2.05, 4.69) is 25.5 Å². The number of aromatic amines is 1. The average molecular weight is 328 g/mol. The first-order chi connectivity index (χ1) is 11.4. The molecule has 0 aliphatic carbocycles. The number of carbonyl (C=O) groups is 2. The number of rotatable bonds is 4. The number of hydrogen-bond acceptors (Lipinski definition) is 5. The van der Waals surface area contributed by atoms with Gasteiger partial charge in [-0.25, -0.2) is 4.98 Å². The zero-order chi connectivity index (χ0) is 17.3. The Morgan fingerprint density at radius 3 is 2.75 bits per heavy atom. The normalized spacial score (nSPS) is 19.5. The fraction of sp³-hybridized carbons (Fsp3) is 0.438. The molecule has 126 valence electrons. The van der Waals surface area contributed by atoms with Crippen LogP contribution in [-0.4, -0.2) is 49.5 Å². The molecule has 2 N–H and O–H groups in total. The zero-order valence-corrected chi connectivity index (χ0v) is 13.9. The number of amides is 2. The summed E-state index contributed by atoms with van der Waals surface area (Å²) in [5.74, 6) is 0.570. The van der Waals surface area contributed by atoms with E-state index in [1.54, 1.807) is 24.3 Å². The molecule has 1 fully saturated rings. The molecule has 8 nitrogen and oxygen atoms in total. The summed E-state index contributed by atoms with van der Waals surface area (Å²) in [6.07, 6.45) is 3.57. The van der Waals surface area contributed by atoms with Crippen molar-refractivity contribution in [2.75, 3.05) is 7.05 Å². The summed E-state index contributed by atoms with van der Waals surface area (Å²) < 4.78 is 0. The molecule has 1 saturated heterocycles. The lowest BCUT2D eigenvalue weighted by molar-refractivity contribution is -0.128. The first-order valence-corrected chi connectivity index (χ1v) is 7.75. The Morgan fingerprint density at radius 1 is 1.42 bits per heavy atom. The van der Waals surface area contributed by atoms with E-state index in [9.17, 15) is 9.59 Å². The van der Waals surface area contributed by atoms with Crippen LogP contribution < -0.4 is 5.32 Å². The minimum atomic E-state index is -0.495. The van der Waals surface area contributed by atoms with E-state index in [1.165, 1.54) is 0 Å². The van der Waals surface area contributed by atoms with E-state index in [0.717, 1.165) is 5.56 Å². The molecule has 0 unspecified atom stereocenters. The highest BCUT2D eigenvalue weighted by atomic mass is 16.2. The van der Waals surface area contributed by atoms with Crippen LogP contribution in [0.5, 0.6) is 0 Å². The van der Waals surface area contributed by atoms with Crippen molar-refractivity contribution >= 4 is 11.8 Å². The van der Waals surface area contributed by atoms with Crippen molar-refractivity contribution in [3.05, 3.63) is 30.4 Å². The van der Waals surface area contributed by atoms with Crippen molar-refractivity contribution in [1.82, 2.24) is 30.4 Å². The lowest BCUT2D eigenvalue weighted by Gasteiger charge is -2.32. The van der Waals surface area contributed by atoms with Gasteiger partial charge in [-0.05, 0) is 26.0 Å². The van der Waals surface area contributed by atoms with Gasteiger partial charge in [0.05, 0.1) is 12.5 Å². The number of aromatic nitrogens is 4. The Kier molecular flexibility index (Phi) is 4.04. The third-order valence-corrected chi connectivity index (χ3v) is 4.69. The summed E-state index contributed by atoms with van der Waals surface area (Å²) in [4.78, 5) is 34.2. The summed E-state index contributed by atoms with van der Waals surface area (Å²) in [6.45, 7) is 4.04. The molecular formula is C16H20N6O2. The van der Waals surface area contributed by atoms with Crippen molar-refractivity contribution in [2.24, 2.45) is 5.92 Å². The number of H-pyrrole nitrogens is 1. The Bertz CT molecular complexity index is 755. The van der Waals surface area contributed by atoms with Crippen LogP contribution in [0.4, 0.5) is 0 Å². The molecule has 0 spiro atoms. The van der Waals surface area contributed by atoms with Crippen molar-refractivity contribution in [3.8, 4) is 11.4 Å². The number of likely N-dealkylation sites (tertiary alicyclic amines) is 1. The Morgan fingerprint density at radius 2 is 2.12 bits per heavy atom. The third kappa shape index (κ3) is 2.86. The molecule has 24 heavy (non-hydrogen) atoms. The summed E-state index contributed by atoms with van der Waals surface area (Å²) in [5, 5.41) is 9.79. The number of nitrogens with one attached hydrogen (secondary N) is 2. The second-order valence-corrected chi connectivity index (χ2v) is 6.42. The highest BCUT2D eigenvalue weighted by Gasteiger charge is 2.47. The molecule has 1 atom stereocenters. The third-order valence-electron chi connectivity index (χ3n) is 4.69. The number of nitrogens with zero attached hydrogens (tertiary/aromatic N) is 4. The smallest absolute Gasteiger partial charge is 0.226 e. The molecule has 2 aromatic rings. The van der Waals surface area contributed by atoms with E-state index >= 15 is 0 Å². The Hall–Kier alpha value is -2.77. The van der Waals surface area contributed by atoms with Gasteiger partial charge in [-0.1, -0.05) is 0 Å². The van der Waals surface area contributed by atoms with E-state index < -0.39 is 5.54 Å². The van der Waals surface area contributed by atoms with Crippen LogP contribution in [-0.2, 0) is 16.1 Å². The first kappa shape index (κ1) is 16.1. The number of hydrogen-bond donors (Lipinski definition) is 2. The maximum atomic E-state index is 12.4. The molecule has 0 saturated carbocycles. The van der Waals surface area contributed by atoms with Gasteiger partial charge < -0.3 is 10.2 Å². The molecule has 3 rings (SSSR count). The molecule has 1 aliphatic heterocycles. The fourth-order valence-corrected chi connectivity index (χ4v) is 2.83. The van der Waals surface area contributed by atoms with Crippen LogP contribution in [0.3, 0.4) is 0 Å². The largest absolute Gasteiger partial charge is 0.348 e. The molecule has 0 aromatic carbocycles. The van der Waals surface area contributed by atoms with Gasteiger partial charge >= 0.3 is 0 Å². The summed E-state index contributed by atoms with van der Waals surface area (Å²) >= 11 is 0. The monoisotopic (exact) mass is 328 g/mol. The maximum Gasteiger partial charge on any atom is 0.226 e. The van der Waals surface area contributed by atoms with Crippen LogP contribution in [0.1, 0.15) is 26.1 Å². The standard InChI is InChI=1S/C16H20N6O2/c1-16(2)11(8-13(23)22(16)3)15(24)18-9-12-19-14(21-20-12)10-4-6-17-7-5-10/h4-7,11H,8-9H2,1-3H3,(H,18,24)(H,19,20,21)/t11-/m1/s1. The van der Waals surface area contributed by atoms with Gasteiger partial charge in [0.25, 0.3) is 0 Å². The lowest BCUT2D eigenvalue weighted by Crippen LogP contribution is -2.46. The van der Waals surface area contributed by atoms with Crippen LogP contribution in [0, 0.1) is 5.92 Å². The summed E-state index contributed by atoms with van der Waals surface area (Å²) in [6, 6.07) is 3.63. The van der Waals surface area contributed by atoms with E-state index in [0.29, 0.717) is 11.6 Å². The molecular weight excluding hydrogens is 308 g/mol. The van der Waals surface area contributed by atoms with Crippen LogP contribution in [0.25, 0.3) is 11.4 Å². The van der Waals surface area contributed by atoms with Gasteiger partial charge in [-0.2, -0.15) is 5.10 Å². The number of pyridine rings is 1. The van der Waals surface area contributed by atoms with Gasteiger partial charge in [-0.15, -0.1) is 0 Å². The second kappa shape index (κ2) is 6.03. The first-order valence-electron chi connectivity index (χ1n) is 7.75. The molecule has 3 heterocycles. The molecule has 0 bridgehead atoms. The van der Waals surface area contributed by atoms with Crippen LogP contribution >= 0.6 is 0 Å². The van der Waals surface area contributed by atoms with Gasteiger partial charge in [0, 0.05) is 37.0 Å². The summed E-state index contributed by atoms with van der Waals surface area (Å²) in [5.41, 5.74) is 0.355. The predicted molar refractivity (Wildman–Crippen MR) is 86.4 cm³/mol. The molecule has 2 amide bonds. The van der Waals surface area contributed by atoms with Crippen molar-refractivity contribution in [1.29, 1.82) is 0 Å². The average Bonchev–Trinajstić information content (AvgIpc) is 3.13. The van der Waals surface area contributed by atoms with Gasteiger partial charge in [-0.3, -0.25) is 19.7 Å². The lowest BCUT2D eigenvalue weighted by atomic mass is 9.88. The highest BCUT2D eigenvalue weighted by molar-refractivity contribution is 5.90. The molecule has 0 radical (unpaired) electrons. The second-order valence-electron chi connectivity index (χ2n) is 6.42. The van der Waals surface area contributed by atoms with Gasteiger partial charge in [0.2, 0.25) is 11.8 Å². The van der Waals surface area contributed by atoms with Crippen LogP contribution in [0.2, 0.25) is 0 Å².